The number of nitrogen functional groups attached to an aromatic ring is 2. The Kier molecular flexibility index (Phi) is 2.92. The van der Waals surface area contributed by atoms with Gasteiger partial charge in [0.05, 0.1) is 4.92 Å². The van der Waals surface area contributed by atoms with E-state index in [4.69, 9.17) is 11.5 Å². The van der Waals surface area contributed by atoms with Gasteiger partial charge in [0.1, 0.15) is 12.0 Å². The van der Waals surface area contributed by atoms with Crippen LogP contribution >= 0.6 is 0 Å². The molecule has 0 fully saturated rings. The molecular weight excluding hydrogens is 236 g/mol. The zero-order chi connectivity index (χ0) is 13.1. The third-order valence-electron chi connectivity index (χ3n) is 2.26. The standard InChI is InChI=1S/C10H10N6O2/c11-8-9(12)13-5-14-10(8)15-6-1-3-7(4-2-6)16(17)18/h1-5H,11H2,(H3,12,13,14,15). The number of hydrogen-bond donors (Lipinski definition) is 3. The molecule has 0 aliphatic carbocycles. The number of hydrogen-bond acceptors (Lipinski definition) is 7. The van der Waals surface area contributed by atoms with Crippen LogP contribution in [0.1, 0.15) is 0 Å². The molecule has 0 aliphatic heterocycles. The van der Waals surface area contributed by atoms with E-state index in [1.165, 1.54) is 18.5 Å². The van der Waals surface area contributed by atoms with Gasteiger partial charge >= 0.3 is 0 Å². The first-order valence-electron chi connectivity index (χ1n) is 4.95. The van der Waals surface area contributed by atoms with Gasteiger partial charge < -0.3 is 16.8 Å². The zero-order valence-corrected chi connectivity index (χ0v) is 9.20. The lowest BCUT2D eigenvalue weighted by molar-refractivity contribution is -0.384. The first-order valence-corrected chi connectivity index (χ1v) is 4.95. The number of rotatable bonds is 3. The topological polar surface area (TPSA) is 133 Å². The summed E-state index contributed by atoms with van der Waals surface area (Å²) in [7, 11) is 0. The number of nitrogens with one attached hydrogen (secondary N) is 1. The van der Waals surface area contributed by atoms with Gasteiger partial charge in [0.2, 0.25) is 0 Å². The van der Waals surface area contributed by atoms with E-state index in [2.05, 4.69) is 15.3 Å². The second-order valence-corrected chi connectivity index (χ2v) is 3.45. The van der Waals surface area contributed by atoms with Gasteiger partial charge in [0, 0.05) is 17.8 Å². The molecule has 0 spiro atoms. The average Bonchev–Trinajstić information content (AvgIpc) is 2.36. The highest BCUT2D eigenvalue weighted by Crippen LogP contribution is 2.24. The first kappa shape index (κ1) is 11.6. The van der Waals surface area contributed by atoms with E-state index in [0.717, 1.165) is 0 Å². The number of nitrogens with two attached hydrogens (primary N) is 2. The van der Waals surface area contributed by atoms with E-state index in [0.29, 0.717) is 11.5 Å². The molecule has 0 atom stereocenters. The number of non-ortho nitro benzene ring substituents is 1. The van der Waals surface area contributed by atoms with Gasteiger partial charge in [-0.2, -0.15) is 0 Å². The van der Waals surface area contributed by atoms with Gasteiger partial charge in [-0.1, -0.05) is 0 Å². The van der Waals surface area contributed by atoms with Crippen LogP contribution in [0.3, 0.4) is 0 Å². The largest absolute Gasteiger partial charge is 0.393 e. The van der Waals surface area contributed by atoms with E-state index >= 15 is 0 Å². The maximum Gasteiger partial charge on any atom is 0.269 e. The van der Waals surface area contributed by atoms with Crippen molar-refractivity contribution in [3.63, 3.8) is 0 Å². The monoisotopic (exact) mass is 246 g/mol. The van der Waals surface area contributed by atoms with Gasteiger partial charge in [-0.15, -0.1) is 0 Å². The van der Waals surface area contributed by atoms with Crippen molar-refractivity contribution in [2.24, 2.45) is 0 Å². The summed E-state index contributed by atoms with van der Waals surface area (Å²) >= 11 is 0. The third kappa shape index (κ3) is 2.26. The lowest BCUT2D eigenvalue weighted by Crippen LogP contribution is -2.04. The molecule has 0 amide bonds. The molecule has 18 heavy (non-hydrogen) atoms. The SMILES string of the molecule is Nc1ncnc(Nc2ccc([N+](=O)[O-])cc2)c1N. The minimum atomic E-state index is -0.471. The molecule has 0 bridgehead atoms. The molecule has 0 saturated carbocycles. The van der Waals surface area contributed by atoms with Gasteiger partial charge in [-0.3, -0.25) is 10.1 Å². The molecule has 5 N–H and O–H groups in total. The molecule has 2 rings (SSSR count). The summed E-state index contributed by atoms with van der Waals surface area (Å²) in [6, 6.07) is 5.86. The van der Waals surface area contributed by atoms with E-state index in [1.807, 2.05) is 0 Å². The minimum Gasteiger partial charge on any atom is -0.393 e. The molecule has 0 radical (unpaired) electrons. The molecular formula is C10H10N6O2. The van der Waals surface area contributed by atoms with Crippen molar-refractivity contribution in [1.29, 1.82) is 0 Å². The lowest BCUT2D eigenvalue weighted by Gasteiger charge is -2.08. The Morgan fingerprint density at radius 2 is 1.83 bits per heavy atom. The number of nitro groups is 1. The van der Waals surface area contributed by atoms with Crippen LogP contribution in [0.25, 0.3) is 0 Å². The van der Waals surface area contributed by atoms with Crippen LogP contribution in [-0.2, 0) is 0 Å². The predicted octanol–water partition coefficient (Wildman–Crippen LogP) is 1.29. The molecule has 0 unspecified atom stereocenters. The Morgan fingerprint density at radius 1 is 1.17 bits per heavy atom. The summed E-state index contributed by atoms with van der Waals surface area (Å²) in [4.78, 5) is 17.7. The van der Waals surface area contributed by atoms with Crippen molar-refractivity contribution in [2.45, 2.75) is 0 Å². The van der Waals surface area contributed by atoms with Gasteiger partial charge in [0.15, 0.2) is 11.6 Å². The summed E-state index contributed by atoms with van der Waals surface area (Å²) in [5.41, 5.74) is 12.1. The number of nitrogens with zero attached hydrogens (tertiary/aromatic N) is 3. The average molecular weight is 246 g/mol. The maximum atomic E-state index is 10.5. The lowest BCUT2D eigenvalue weighted by atomic mass is 10.3. The van der Waals surface area contributed by atoms with Crippen molar-refractivity contribution in [3.8, 4) is 0 Å². The molecule has 0 aliphatic rings. The van der Waals surface area contributed by atoms with Crippen molar-refractivity contribution in [3.05, 3.63) is 40.7 Å². The molecule has 0 saturated heterocycles. The van der Waals surface area contributed by atoms with Crippen LogP contribution in [0.4, 0.5) is 28.7 Å². The van der Waals surface area contributed by atoms with Crippen LogP contribution in [0.5, 0.6) is 0 Å². The van der Waals surface area contributed by atoms with Gasteiger partial charge in [-0.25, -0.2) is 9.97 Å². The zero-order valence-electron chi connectivity index (χ0n) is 9.20. The van der Waals surface area contributed by atoms with Crippen molar-refractivity contribution in [1.82, 2.24) is 9.97 Å². The van der Waals surface area contributed by atoms with Gasteiger partial charge in [0.25, 0.3) is 5.69 Å². The van der Waals surface area contributed by atoms with E-state index in [1.54, 1.807) is 12.1 Å². The Morgan fingerprint density at radius 3 is 2.44 bits per heavy atom. The Hall–Kier alpha value is -2.90. The molecule has 1 aromatic heterocycles. The number of anilines is 4. The highest BCUT2D eigenvalue weighted by Gasteiger charge is 2.07. The molecule has 8 nitrogen and oxygen atoms in total. The fourth-order valence-electron chi connectivity index (χ4n) is 1.31. The van der Waals surface area contributed by atoms with E-state index in [-0.39, 0.29) is 17.2 Å². The number of benzene rings is 1. The predicted molar refractivity (Wildman–Crippen MR) is 67.2 cm³/mol. The first-order chi connectivity index (χ1) is 8.58. The highest BCUT2D eigenvalue weighted by molar-refractivity contribution is 5.76. The third-order valence-corrected chi connectivity index (χ3v) is 2.26. The smallest absolute Gasteiger partial charge is 0.269 e. The summed E-state index contributed by atoms with van der Waals surface area (Å²) in [6.45, 7) is 0. The van der Waals surface area contributed by atoms with Crippen LogP contribution in [-0.4, -0.2) is 14.9 Å². The summed E-state index contributed by atoms with van der Waals surface area (Å²) < 4.78 is 0. The summed E-state index contributed by atoms with van der Waals surface area (Å²) in [5, 5.41) is 13.4. The molecule has 1 aromatic carbocycles. The summed E-state index contributed by atoms with van der Waals surface area (Å²) in [5.74, 6) is 0.533. The molecule has 92 valence electrons. The van der Waals surface area contributed by atoms with Gasteiger partial charge in [-0.05, 0) is 12.1 Å². The number of nitro benzene ring substituents is 1. The minimum absolute atomic E-state index is 0.00993. The van der Waals surface area contributed by atoms with Crippen molar-refractivity contribution < 1.29 is 4.92 Å². The molecule has 2 aromatic rings. The highest BCUT2D eigenvalue weighted by atomic mass is 16.6. The number of aromatic nitrogens is 2. The normalized spacial score (nSPS) is 10.0. The fourth-order valence-corrected chi connectivity index (χ4v) is 1.31. The van der Waals surface area contributed by atoms with Crippen molar-refractivity contribution in [2.75, 3.05) is 16.8 Å². The maximum absolute atomic E-state index is 10.5. The van der Waals surface area contributed by atoms with Crippen LogP contribution in [0.2, 0.25) is 0 Å². The van der Waals surface area contributed by atoms with E-state index < -0.39 is 4.92 Å². The Bertz CT molecular complexity index is 583. The van der Waals surface area contributed by atoms with Crippen LogP contribution in [0, 0.1) is 10.1 Å². The second-order valence-electron chi connectivity index (χ2n) is 3.45. The van der Waals surface area contributed by atoms with E-state index in [9.17, 15) is 10.1 Å². The van der Waals surface area contributed by atoms with Crippen LogP contribution < -0.4 is 16.8 Å². The molecule has 8 heteroatoms. The van der Waals surface area contributed by atoms with Crippen molar-refractivity contribution >= 4 is 28.7 Å². The second kappa shape index (κ2) is 4.53. The summed E-state index contributed by atoms with van der Waals surface area (Å²) in [6.07, 6.45) is 1.28. The Balaban J connectivity index is 2.24. The molecule has 1 heterocycles. The fraction of sp³-hybridized carbons (Fsp3) is 0. The van der Waals surface area contributed by atoms with Crippen LogP contribution in [0.15, 0.2) is 30.6 Å². The quantitative estimate of drug-likeness (QED) is 0.548. The Labute approximate surface area is 102 Å².